The first-order valence-corrected chi connectivity index (χ1v) is 11.2. The standard InChI is InChI=1S/C23H35N3O3.2ClH/c1-28-22-12-17-4-2-3-16(17)11-19(22)13-25-23(27)18-5-6-20(24)15-26(14-18)21-7-9-29-10-8-21;;/h11-12,18,20-21H,2-10,13-15,24H2,1H3,(H,25,27);2*1H/t18-,20+;;/m1../s1. The number of likely N-dealkylation sites (tertiary alicyclic amines) is 1. The lowest BCUT2D eigenvalue weighted by atomic mass is 10.00. The van der Waals surface area contributed by atoms with Gasteiger partial charge in [-0.05, 0) is 62.1 Å². The summed E-state index contributed by atoms with van der Waals surface area (Å²) in [6.45, 7) is 3.82. The Hall–Kier alpha value is -1.05. The number of halogens is 2. The fourth-order valence-corrected chi connectivity index (χ4v) is 5.13. The zero-order valence-electron chi connectivity index (χ0n) is 18.4. The lowest BCUT2D eigenvalue weighted by Gasteiger charge is -2.35. The van der Waals surface area contributed by atoms with E-state index in [0.717, 1.165) is 76.1 Å². The van der Waals surface area contributed by atoms with E-state index in [1.807, 2.05) is 0 Å². The number of nitrogens with two attached hydrogens (primary N) is 1. The second-order valence-electron chi connectivity index (χ2n) is 8.84. The van der Waals surface area contributed by atoms with Crippen molar-refractivity contribution >= 4 is 30.7 Å². The van der Waals surface area contributed by atoms with E-state index < -0.39 is 0 Å². The maximum Gasteiger partial charge on any atom is 0.224 e. The molecule has 2 fully saturated rings. The Morgan fingerprint density at radius 2 is 1.84 bits per heavy atom. The Morgan fingerprint density at radius 1 is 1.13 bits per heavy atom. The van der Waals surface area contributed by atoms with Crippen molar-refractivity contribution in [3.63, 3.8) is 0 Å². The van der Waals surface area contributed by atoms with Gasteiger partial charge in [0.25, 0.3) is 0 Å². The average molecular weight is 474 g/mol. The highest BCUT2D eigenvalue weighted by Crippen LogP contribution is 2.30. The van der Waals surface area contributed by atoms with Crippen LogP contribution >= 0.6 is 24.8 Å². The first-order valence-electron chi connectivity index (χ1n) is 11.2. The van der Waals surface area contributed by atoms with Gasteiger partial charge in [-0.2, -0.15) is 0 Å². The van der Waals surface area contributed by atoms with Crippen LogP contribution in [0.1, 0.15) is 48.8 Å². The molecule has 0 radical (unpaired) electrons. The highest BCUT2D eigenvalue weighted by molar-refractivity contribution is 5.85. The van der Waals surface area contributed by atoms with E-state index in [0.29, 0.717) is 12.6 Å². The van der Waals surface area contributed by atoms with Crippen molar-refractivity contribution in [3.05, 3.63) is 28.8 Å². The molecule has 6 nitrogen and oxygen atoms in total. The monoisotopic (exact) mass is 473 g/mol. The van der Waals surface area contributed by atoms with Crippen molar-refractivity contribution < 1.29 is 14.3 Å². The molecule has 0 saturated carbocycles. The van der Waals surface area contributed by atoms with E-state index >= 15 is 0 Å². The molecule has 3 N–H and O–H groups in total. The van der Waals surface area contributed by atoms with Gasteiger partial charge >= 0.3 is 0 Å². The molecule has 1 aromatic rings. The van der Waals surface area contributed by atoms with Gasteiger partial charge in [0, 0.05) is 50.5 Å². The lowest BCUT2D eigenvalue weighted by molar-refractivity contribution is -0.126. The fourth-order valence-electron chi connectivity index (χ4n) is 5.13. The molecule has 2 heterocycles. The second kappa shape index (κ2) is 12.3. The van der Waals surface area contributed by atoms with E-state index in [1.54, 1.807) is 7.11 Å². The predicted octanol–water partition coefficient (Wildman–Crippen LogP) is 2.86. The van der Waals surface area contributed by atoms with Gasteiger partial charge in [-0.25, -0.2) is 0 Å². The number of methoxy groups -OCH3 is 1. The molecule has 1 aromatic carbocycles. The molecule has 0 unspecified atom stereocenters. The summed E-state index contributed by atoms with van der Waals surface area (Å²) in [6.07, 6.45) is 7.29. The van der Waals surface area contributed by atoms with Crippen LogP contribution in [0.15, 0.2) is 12.1 Å². The quantitative estimate of drug-likeness (QED) is 0.687. The minimum absolute atomic E-state index is 0. The maximum atomic E-state index is 13.0. The molecule has 31 heavy (non-hydrogen) atoms. The van der Waals surface area contributed by atoms with Gasteiger partial charge in [-0.3, -0.25) is 9.69 Å². The van der Waals surface area contributed by atoms with Gasteiger partial charge in [-0.15, -0.1) is 24.8 Å². The molecular formula is C23H37Cl2N3O3. The zero-order valence-corrected chi connectivity index (χ0v) is 20.1. The largest absolute Gasteiger partial charge is 0.496 e. The minimum atomic E-state index is -0.00758. The lowest BCUT2D eigenvalue weighted by Crippen LogP contribution is -2.47. The molecule has 176 valence electrons. The molecule has 8 heteroatoms. The molecule has 2 aliphatic heterocycles. The highest BCUT2D eigenvalue weighted by atomic mass is 35.5. The highest BCUT2D eigenvalue weighted by Gasteiger charge is 2.31. The van der Waals surface area contributed by atoms with Gasteiger partial charge in [-0.1, -0.05) is 6.07 Å². The molecular weight excluding hydrogens is 437 g/mol. The van der Waals surface area contributed by atoms with Crippen LogP contribution in [0.25, 0.3) is 0 Å². The number of carbonyl (C=O) groups excluding carboxylic acids is 1. The third-order valence-electron chi connectivity index (χ3n) is 6.84. The SMILES string of the molecule is COc1cc2c(cc1CNC(=O)[C@@H]1CC[C@H](N)CN(C3CCOCC3)C1)CCC2.Cl.Cl. The number of aryl methyl sites for hydroxylation is 2. The topological polar surface area (TPSA) is 76.8 Å². The first kappa shape index (κ1) is 26.2. The summed E-state index contributed by atoms with van der Waals surface area (Å²) in [5, 5.41) is 3.19. The number of nitrogens with zero attached hydrogens (tertiary/aromatic N) is 1. The van der Waals surface area contributed by atoms with E-state index in [9.17, 15) is 4.79 Å². The Bertz CT molecular complexity index is 728. The van der Waals surface area contributed by atoms with E-state index in [1.165, 1.54) is 17.5 Å². The number of carbonyl (C=O) groups is 1. The van der Waals surface area contributed by atoms with E-state index in [2.05, 4.69) is 22.3 Å². The minimum Gasteiger partial charge on any atom is -0.496 e. The van der Waals surface area contributed by atoms with Crippen molar-refractivity contribution in [1.29, 1.82) is 0 Å². The molecule has 1 amide bonds. The summed E-state index contributed by atoms with van der Waals surface area (Å²) in [6, 6.07) is 5.01. The molecule has 0 aromatic heterocycles. The number of nitrogens with one attached hydrogen (secondary N) is 1. The van der Waals surface area contributed by atoms with Gasteiger partial charge in [0.2, 0.25) is 5.91 Å². The van der Waals surface area contributed by atoms with E-state index in [-0.39, 0.29) is 42.7 Å². The summed E-state index contributed by atoms with van der Waals surface area (Å²) in [7, 11) is 1.71. The summed E-state index contributed by atoms with van der Waals surface area (Å²) in [5.74, 6) is 1.02. The molecule has 3 aliphatic rings. The molecule has 4 rings (SSSR count). The summed E-state index contributed by atoms with van der Waals surface area (Å²) in [5.41, 5.74) is 10.2. The van der Waals surface area contributed by atoms with E-state index in [4.69, 9.17) is 15.2 Å². The van der Waals surface area contributed by atoms with Crippen LogP contribution in [0.2, 0.25) is 0 Å². The Balaban J connectivity index is 0.00000171. The Morgan fingerprint density at radius 3 is 2.55 bits per heavy atom. The van der Waals surface area contributed by atoms with Gasteiger partial charge < -0.3 is 20.5 Å². The molecule has 1 aliphatic carbocycles. The van der Waals surface area contributed by atoms with Crippen molar-refractivity contribution in [3.8, 4) is 5.75 Å². The van der Waals surface area contributed by atoms with Crippen LogP contribution in [-0.4, -0.2) is 56.3 Å². The van der Waals surface area contributed by atoms with Crippen LogP contribution in [0, 0.1) is 5.92 Å². The summed E-state index contributed by atoms with van der Waals surface area (Å²) < 4.78 is 11.1. The first-order chi connectivity index (χ1) is 14.1. The smallest absolute Gasteiger partial charge is 0.224 e. The maximum absolute atomic E-state index is 13.0. The van der Waals surface area contributed by atoms with Crippen molar-refractivity contribution in [1.82, 2.24) is 10.2 Å². The number of amides is 1. The van der Waals surface area contributed by atoms with Crippen molar-refractivity contribution in [2.24, 2.45) is 11.7 Å². The number of rotatable bonds is 5. The van der Waals surface area contributed by atoms with Crippen LogP contribution in [0.5, 0.6) is 5.75 Å². The average Bonchev–Trinajstić information content (AvgIpc) is 3.11. The van der Waals surface area contributed by atoms with Crippen LogP contribution in [0.4, 0.5) is 0 Å². The van der Waals surface area contributed by atoms with Gasteiger partial charge in [0.15, 0.2) is 0 Å². The molecule has 2 saturated heterocycles. The van der Waals surface area contributed by atoms with Crippen molar-refractivity contribution in [2.75, 3.05) is 33.4 Å². The number of hydrogen-bond acceptors (Lipinski definition) is 5. The third-order valence-corrected chi connectivity index (χ3v) is 6.84. The second-order valence-corrected chi connectivity index (χ2v) is 8.84. The molecule has 0 bridgehead atoms. The van der Waals surface area contributed by atoms with Gasteiger partial charge in [0.05, 0.1) is 13.0 Å². The predicted molar refractivity (Wildman–Crippen MR) is 127 cm³/mol. The number of benzene rings is 1. The van der Waals surface area contributed by atoms with Crippen LogP contribution < -0.4 is 15.8 Å². The fraction of sp³-hybridized carbons (Fsp3) is 0.696. The Labute approximate surface area is 198 Å². The zero-order chi connectivity index (χ0) is 20.2. The van der Waals surface area contributed by atoms with Gasteiger partial charge in [0.1, 0.15) is 5.75 Å². The number of ether oxygens (including phenoxy) is 2. The third kappa shape index (κ3) is 6.48. The van der Waals surface area contributed by atoms with Crippen molar-refractivity contribution in [2.45, 2.75) is 63.6 Å². The number of fused-ring (bicyclic) bond motifs is 1. The Kier molecular flexibility index (Phi) is 10.4. The number of hydrogen-bond donors (Lipinski definition) is 2. The normalized spacial score (nSPS) is 24.3. The molecule has 0 spiro atoms. The van der Waals surface area contributed by atoms with Crippen LogP contribution in [-0.2, 0) is 28.9 Å². The summed E-state index contributed by atoms with van der Waals surface area (Å²) >= 11 is 0. The van der Waals surface area contributed by atoms with Crippen LogP contribution in [0.3, 0.4) is 0 Å². The summed E-state index contributed by atoms with van der Waals surface area (Å²) in [4.78, 5) is 15.5. The molecule has 2 atom stereocenters.